The maximum Gasteiger partial charge on any atom is 0.311 e. The number of epoxide rings is 1. The average Bonchev–Trinajstić information content (AvgIpc) is 3.28. The molecule has 0 spiro atoms. The number of fused-ring (bicyclic) bond motifs is 3. The first-order valence-corrected chi connectivity index (χ1v) is 8.35. The van der Waals surface area contributed by atoms with Crippen LogP contribution in [0.1, 0.15) is 38.5 Å². The second-order valence-electron chi connectivity index (χ2n) is 6.77. The van der Waals surface area contributed by atoms with Gasteiger partial charge in [-0.2, -0.15) is 0 Å². The van der Waals surface area contributed by atoms with Crippen LogP contribution < -0.4 is 0 Å². The van der Waals surface area contributed by atoms with Gasteiger partial charge < -0.3 is 18.9 Å². The molecule has 122 valence electrons. The molecule has 6 heteroatoms. The average molecular weight is 310 g/mol. The lowest BCUT2D eigenvalue weighted by molar-refractivity contribution is -0.202. The van der Waals surface area contributed by atoms with Crippen LogP contribution in [0.3, 0.4) is 0 Å². The third kappa shape index (κ3) is 2.86. The predicted molar refractivity (Wildman–Crippen MR) is 73.9 cm³/mol. The number of ether oxygens (including phenoxy) is 4. The molecule has 0 aromatic rings. The molecule has 6 unspecified atom stereocenters. The molecule has 0 radical (unpaired) electrons. The van der Waals surface area contributed by atoms with Gasteiger partial charge >= 0.3 is 11.9 Å². The van der Waals surface area contributed by atoms with Gasteiger partial charge in [-0.15, -0.1) is 0 Å². The minimum atomic E-state index is -0.217. The van der Waals surface area contributed by atoms with Crippen molar-refractivity contribution in [1.29, 1.82) is 0 Å². The van der Waals surface area contributed by atoms with Gasteiger partial charge in [-0.3, -0.25) is 9.59 Å². The van der Waals surface area contributed by atoms with Gasteiger partial charge in [0.15, 0.2) is 0 Å². The third-order valence-electron chi connectivity index (χ3n) is 5.32. The molecule has 6 nitrogen and oxygen atoms in total. The molecular weight excluding hydrogens is 288 g/mol. The quantitative estimate of drug-likeness (QED) is 0.432. The summed E-state index contributed by atoms with van der Waals surface area (Å²) in [6.45, 7) is 0.267. The van der Waals surface area contributed by atoms with Crippen molar-refractivity contribution in [2.45, 2.75) is 62.9 Å². The summed E-state index contributed by atoms with van der Waals surface area (Å²) in [6.07, 6.45) is 6.37. The Labute approximate surface area is 129 Å². The van der Waals surface area contributed by atoms with Gasteiger partial charge in [-0.25, -0.2) is 0 Å². The van der Waals surface area contributed by atoms with E-state index in [-0.39, 0.29) is 49.2 Å². The van der Waals surface area contributed by atoms with Crippen LogP contribution in [0.2, 0.25) is 0 Å². The fourth-order valence-corrected chi connectivity index (χ4v) is 3.89. The highest BCUT2D eigenvalue weighted by Crippen LogP contribution is 2.40. The first-order chi connectivity index (χ1) is 10.7. The minimum Gasteiger partial charge on any atom is -0.462 e. The zero-order valence-electron chi connectivity index (χ0n) is 12.6. The highest BCUT2D eigenvalue weighted by molar-refractivity contribution is 5.74. The van der Waals surface area contributed by atoms with Gasteiger partial charge in [-0.1, -0.05) is 0 Å². The number of hydrogen-bond donors (Lipinski definition) is 0. The number of hydrogen-bond acceptors (Lipinski definition) is 6. The van der Waals surface area contributed by atoms with Crippen molar-refractivity contribution in [3.8, 4) is 0 Å². The van der Waals surface area contributed by atoms with Crippen molar-refractivity contribution in [1.82, 2.24) is 0 Å². The predicted octanol–water partition coefficient (Wildman–Crippen LogP) is 1.21. The SMILES string of the molecule is O=C(OCCOC(=O)C1CCC2CC1O2)C1CCC2OC2C1. The molecule has 2 saturated carbocycles. The van der Waals surface area contributed by atoms with Gasteiger partial charge in [0.1, 0.15) is 13.2 Å². The summed E-state index contributed by atoms with van der Waals surface area (Å²) in [4.78, 5) is 23.9. The zero-order chi connectivity index (χ0) is 15.1. The van der Waals surface area contributed by atoms with E-state index in [1.54, 1.807) is 0 Å². The highest BCUT2D eigenvalue weighted by atomic mass is 16.6. The van der Waals surface area contributed by atoms with E-state index >= 15 is 0 Å². The fraction of sp³-hybridized carbons (Fsp3) is 0.875. The molecule has 5 fully saturated rings. The summed E-state index contributed by atoms with van der Waals surface area (Å²) in [7, 11) is 0. The second-order valence-corrected chi connectivity index (χ2v) is 6.77. The standard InChI is InChI=1S/C16H22O6/c17-15(9-1-4-12-14(7-9)22-12)19-5-6-20-16(18)11-3-2-10-8-13(11)21-10/h9-14H,1-8H2. The Morgan fingerprint density at radius 1 is 0.818 bits per heavy atom. The van der Waals surface area contributed by atoms with Crippen LogP contribution >= 0.6 is 0 Å². The van der Waals surface area contributed by atoms with Crippen LogP contribution in [0.4, 0.5) is 0 Å². The fourth-order valence-electron chi connectivity index (χ4n) is 3.89. The molecule has 3 aliphatic heterocycles. The van der Waals surface area contributed by atoms with Crippen LogP contribution in [0, 0.1) is 11.8 Å². The van der Waals surface area contributed by atoms with Crippen LogP contribution in [-0.4, -0.2) is 49.6 Å². The van der Waals surface area contributed by atoms with Crippen LogP contribution in [0.25, 0.3) is 0 Å². The smallest absolute Gasteiger partial charge is 0.311 e. The maximum atomic E-state index is 12.0. The van der Waals surface area contributed by atoms with Crippen molar-refractivity contribution in [3.05, 3.63) is 0 Å². The number of carbonyl (C=O) groups is 2. The summed E-state index contributed by atoms with van der Waals surface area (Å²) in [5, 5.41) is 0. The van der Waals surface area contributed by atoms with Crippen molar-refractivity contribution in [2.24, 2.45) is 11.8 Å². The molecule has 5 rings (SSSR count). The van der Waals surface area contributed by atoms with Gasteiger partial charge in [0.2, 0.25) is 0 Å². The molecular formula is C16H22O6. The molecule has 0 amide bonds. The monoisotopic (exact) mass is 310 g/mol. The minimum absolute atomic E-state index is 0.0440. The van der Waals surface area contributed by atoms with Crippen molar-refractivity contribution < 1.29 is 28.5 Å². The molecule has 0 aromatic heterocycles. The van der Waals surface area contributed by atoms with E-state index in [1.165, 1.54) is 0 Å². The Bertz CT molecular complexity index is 455. The van der Waals surface area contributed by atoms with Crippen molar-refractivity contribution >= 4 is 11.9 Å². The number of carbonyl (C=O) groups excluding carboxylic acids is 2. The maximum absolute atomic E-state index is 12.0. The Morgan fingerprint density at radius 3 is 2.27 bits per heavy atom. The molecule has 6 atom stereocenters. The van der Waals surface area contributed by atoms with E-state index in [9.17, 15) is 9.59 Å². The van der Waals surface area contributed by atoms with Gasteiger partial charge in [0.05, 0.1) is 36.3 Å². The summed E-state index contributed by atoms with van der Waals surface area (Å²) < 4.78 is 21.4. The molecule has 3 saturated heterocycles. The normalized spacial score (nSPS) is 41.8. The molecule has 2 bridgehead atoms. The van der Waals surface area contributed by atoms with Gasteiger partial charge in [0.25, 0.3) is 0 Å². The van der Waals surface area contributed by atoms with E-state index in [4.69, 9.17) is 18.9 Å². The molecule has 0 N–H and O–H groups in total. The molecule has 22 heavy (non-hydrogen) atoms. The molecule has 0 aromatic carbocycles. The third-order valence-corrected chi connectivity index (χ3v) is 5.32. The van der Waals surface area contributed by atoms with Crippen LogP contribution in [0.5, 0.6) is 0 Å². The Morgan fingerprint density at radius 2 is 1.59 bits per heavy atom. The molecule has 5 aliphatic rings. The van der Waals surface area contributed by atoms with E-state index < -0.39 is 0 Å². The number of rotatable bonds is 5. The summed E-state index contributed by atoms with van der Waals surface area (Å²) in [6, 6.07) is 0. The summed E-state index contributed by atoms with van der Waals surface area (Å²) >= 11 is 0. The van der Waals surface area contributed by atoms with Crippen LogP contribution in [-0.2, 0) is 28.5 Å². The Kier molecular flexibility index (Phi) is 3.82. The molecule has 2 aliphatic carbocycles. The van der Waals surface area contributed by atoms with E-state index in [2.05, 4.69) is 0 Å². The first-order valence-electron chi connectivity index (χ1n) is 8.35. The van der Waals surface area contributed by atoms with Gasteiger partial charge in [0, 0.05) is 6.42 Å². The van der Waals surface area contributed by atoms with E-state index in [0.717, 1.165) is 38.5 Å². The molecule has 3 heterocycles. The lowest BCUT2D eigenvalue weighted by atomic mass is 9.80. The second kappa shape index (κ2) is 5.81. The zero-order valence-corrected chi connectivity index (χ0v) is 12.6. The number of esters is 2. The largest absolute Gasteiger partial charge is 0.462 e. The lowest BCUT2D eigenvalue weighted by Crippen LogP contribution is -2.50. The van der Waals surface area contributed by atoms with Gasteiger partial charge in [-0.05, 0) is 32.1 Å². The summed E-state index contributed by atoms with van der Waals surface area (Å²) in [5.41, 5.74) is 0. The topological polar surface area (TPSA) is 74.4 Å². The van der Waals surface area contributed by atoms with Crippen molar-refractivity contribution in [3.63, 3.8) is 0 Å². The Hall–Kier alpha value is -1.14. The highest BCUT2D eigenvalue weighted by Gasteiger charge is 2.46. The van der Waals surface area contributed by atoms with E-state index in [0.29, 0.717) is 12.2 Å². The first kappa shape index (κ1) is 14.5. The van der Waals surface area contributed by atoms with Crippen molar-refractivity contribution in [2.75, 3.05) is 13.2 Å². The summed E-state index contributed by atoms with van der Waals surface area (Å²) in [5.74, 6) is -0.597. The van der Waals surface area contributed by atoms with Crippen LogP contribution in [0.15, 0.2) is 0 Å². The Balaban J connectivity index is 1.13. The lowest BCUT2D eigenvalue weighted by Gasteiger charge is -2.45. The van der Waals surface area contributed by atoms with E-state index in [1.807, 2.05) is 0 Å².